The third kappa shape index (κ3) is 1.47. The van der Waals surface area contributed by atoms with Crippen molar-refractivity contribution in [2.75, 3.05) is 0 Å². The fourth-order valence-electron chi connectivity index (χ4n) is 0.479. The van der Waals surface area contributed by atoms with Crippen LogP contribution in [0, 0.1) is 0 Å². The van der Waals surface area contributed by atoms with E-state index in [1.165, 1.54) is 4.88 Å². The van der Waals surface area contributed by atoms with E-state index < -0.39 is 0 Å². The summed E-state index contributed by atoms with van der Waals surface area (Å²) >= 11 is 6.95. The van der Waals surface area contributed by atoms with Crippen LogP contribution in [-0.2, 0) is 6.54 Å². The first kappa shape index (κ1) is 6.08. The Kier molecular flexibility index (Phi) is 2.33. The average Bonchev–Trinajstić information content (AvgIpc) is 2.19. The van der Waals surface area contributed by atoms with Crippen LogP contribution in [0.1, 0.15) is 4.88 Å². The molecule has 0 aromatic carbocycles. The van der Waals surface area contributed by atoms with E-state index in [1.54, 1.807) is 11.3 Å². The summed E-state index contributed by atoms with van der Waals surface area (Å²) in [6.45, 7) is 0.763. The molecule has 0 spiro atoms. The van der Waals surface area contributed by atoms with Crippen LogP contribution in [0.15, 0.2) is 17.5 Å². The Morgan fingerprint density at radius 3 is 3.12 bits per heavy atom. The van der Waals surface area contributed by atoms with Crippen molar-refractivity contribution in [3.05, 3.63) is 22.4 Å². The highest BCUT2D eigenvalue weighted by atomic mass is 35.5. The van der Waals surface area contributed by atoms with E-state index in [9.17, 15) is 0 Å². The minimum Gasteiger partial charge on any atom is -0.228 e. The fourth-order valence-corrected chi connectivity index (χ4v) is 1.35. The first-order chi connectivity index (χ1) is 3.93. The van der Waals surface area contributed by atoms with E-state index >= 15 is 0 Å². The van der Waals surface area contributed by atoms with Crippen LogP contribution in [0.5, 0.6) is 0 Å². The largest absolute Gasteiger partial charge is 0.228 e. The zero-order valence-electron chi connectivity index (χ0n) is 4.23. The molecule has 3 heteroatoms. The van der Waals surface area contributed by atoms with Crippen molar-refractivity contribution in [2.45, 2.75) is 6.54 Å². The van der Waals surface area contributed by atoms with E-state index in [0.717, 1.165) is 6.54 Å². The Morgan fingerprint density at radius 2 is 2.62 bits per heavy atom. The highest BCUT2D eigenvalue weighted by molar-refractivity contribution is 7.09. The predicted molar refractivity (Wildman–Crippen MR) is 37.0 cm³/mol. The highest BCUT2D eigenvalue weighted by Gasteiger charge is 1.87. The quantitative estimate of drug-likeness (QED) is 0.631. The molecule has 0 fully saturated rings. The Balaban J connectivity index is 2.50. The number of hydrogen-bond acceptors (Lipinski definition) is 2. The molecule has 0 radical (unpaired) electrons. The van der Waals surface area contributed by atoms with Gasteiger partial charge in [-0.25, -0.2) is 4.84 Å². The summed E-state index contributed by atoms with van der Waals surface area (Å²) < 4.78 is 0. The van der Waals surface area contributed by atoms with Crippen LogP contribution in [0.3, 0.4) is 0 Å². The van der Waals surface area contributed by atoms with Gasteiger partial charge in [-0.2, -0.15) is 0 Å². The minimum absolute atomic E-state index is 0.763. The predicted octanol–water partition coefficient (Wildman–Crippen LogP) is 1.99. The number of rotatable bonds is 2. The summed E-state index contributed by atoms with van der Waals surface area (Å²) in [5, 5.41) is 2.03. The maximum Gasteiger partial charge on any atom is 0.0453 e. The first-order valence-corrected chi connectivity index (χ1v) is 3.55. The number of nitrogens with one attached hydrogen (secondary N) is 1. The molecule has 1 rings (SSSR count). The van der Waals surface area contributed by atoms with Gasteiger partial charge in [-0.15, -0.1) is 11.3 Å². The molecule has 1 heterocycles. The molecule has 0 amide bonds. The standard InChI is InChI=1S/C5H6ClNS/c6-7-4-5-2-1-3-8-5/h1-3,7H,4H2. The lowest BCUT2D eigenvalue weighted by Crippen LogP contribution is -1.93. The van der Waals surface area contributed by atoms with Crippen LogP contribution in [0.25, 0.3) is 0 Å². The molecule has 0 aliphatic rings. The summed E-state index contributed by atoms with van der Waals surface area (Å²) in [4.78, 5) is 3.82. The van der Waals surface area contributed by atoms with Crippen molar-refractivity contribution < 1.29 is 0 Å². The van der Waals surface area contributed by atoms with Gasteiger partial charge < -0.3 is 0 Å². The van der Waals surface area contributed by atoms with Crippen LogP contribution < -0.4 is 4.84 Å². The molecule has 1 aromatic rings. The van der Waals surface area contributed by atoms with Crippen LogP contribution in [-0.4, -0.2) is 0 Å². The topological polar surface area (TPSA) is 12.0 Å². The zero-order valence-corrected chi connectivity index (χ0v) is 5.80. The highest BCUT2D eigenvalue weighted by Crippen LogP contribution is 2.06. The molecule has 0 aliphatic heterocycles. The molecule has 0 atom stereocenters. The van der Waals surface area contributed by atoms with Crippen molar-refractivity contribution in [2.24, 2.45) is 0 Å². The third-order valence-corrected chi connectivity index (χ3v) is 1.83. The van der Waals surface area contributed by atoms with Gasteiger partial charge in [0.05, 0.1) is 0 Å². The van der Waals surface area contributed by atoms with Crippen molar-refractivity contribution in [3.63, 3.8) is 0 Å². The molecule has 1 aromatic heterocycles. The van der Waals surface area contributed by atoms with Crippen LogP contribution in [0.4, 0.5) is 0 Å². The second-order valence-corrected chi connectivity index (χ2v) is 2.69. The number of thiophene rings is 1. The van der Waals surface area contributed by atoms with Crippen LogP contribution >= 0.6 is 23.1 Å². The smallest absolute Gasteiger partial charge is 0.0453 e. The van der Waals surface area contributed by atoms with Crippen molar-refractivity contribution in [3.8, 4) is 0 Å². The van der Waals surface area contributed by atoms with Gasteiger partial charge in [0.15, 0.2) is 0 Å². The zero-order chi connectivity index (χ0) is 5.82. The van der Waals surface area contributed by atoms with E-state index in [1.807, 2.05) is 17.5 Å². The Morgan fingerprint density at radius 1 is 1.75 bits per heavy atom. The lowest BCUT2D eigenvalue weighted by atomic mass is 10.5. The molecule has 44 valence electrons. The summed E-state index contributed by atoms with van der Waals surface area (Å²) in [5.74, 6) is 0. The van der Waals surface area contributed by atoms with Crippen molar-refractivity contribution in [1.82, 2.24) is 4.84 Å². The van der Waals surface area contributed by atoms with Crippen LogP contribution in [0.2, 0.25) is 0 Å². The molecule has 8 heavy (non-hydrogen) atoms. The van der Waals surface area contributed by atoms with E-state index in [2.05, 4.69) is 4.84 Å². The van der Waals surface area contributed by atoms with Crippen molar-refractivity contribution in [1.29, 1.82) is 0 Å². The van der Waals surface area contributed by atoms with Gasteiger partial charge in [0.2, 0.25) is 0 Å². The normalized spacial score (nSPS) is 9.62. The summed E-state index contributed by atoms with van der Waals surface area (Å²) in [6, 6.07) is 4.05. The second kappa shape index (κ2) is 3.07. The fraction of sp³-hybridized carbons (Fsp3) is 0.200. The van der Waals surface area contributed by atoms with Gasteiger partial charge in [0, 0.05) is 11.4 Å². The molecule has 0 saturated carbocycles. The first-order valence-electron chi connectivity index (χ1n) is 2.29. The summed E-state index contributed by atoms with van der Waals surface area (Å²) in [5.41, 5.74) is 0. The molecule has 0 aliphatic carbocycles. The SMILES string of the molecule is ClNCc1cccs1. The lowest BCUT2D eigenvalue weighted by molar-refractivity contribution is 0.988. The molecular formula is C5H6ClNS. The minimum atomic E-state index is 0.763. The van der Waals surface area contributed by atoms with Gasteiger partial charge in [-0.1, -0.05) is 6.07 Å². The monoisotopic (exact) mass is 147 g/mol. The third-order valence-electron chi connectivity index (χ3n) is 0.821. The molecular weight excluding hydrogens is 142 g/mol. The van der Waals surface area contributed by atoms with Crippen molar-refractivity contribution >= 4 is 23.1 Å². The molecule has 1 N–H and O–H groups in total. The number of hydrogen-bond donors (Lipinski definition) is 1. The summed E-state index contributed by atoms with van der Waals surface area (Å²) in [6.07, 6.45) is 0. The Hall–Kier alpha value is -0.0500. The van der Waals surface area contributed by atoms with E-state index in [-0.39, 0.29) is 0 Å². The number of halogens is 1. The van der Waals surface area contributed by atoms with Gasteiger partial charge in [-0.3, -0.25) is 0 Å². The van der Waals surface area contributed by atoms with Gasteiger partial charge in [0.1, 0.15) is 0 Å². The van der Waals surface area contributed by atoms with Gasteiger partial charge in [0.25, 0.3) is 0 Å². The summed E-state index contributed by atoms with van der Waals surface area (Å²) in [7, 11) is 0. The Bertz CT molecular complexity index is 138. The van der Waals surface area contributed by atoms with E-state index in [0.29, 0.717) is 0 Å². The molecule has 0 bridgehead atoms. The van der Waals surface area contributed by atoms with Gasteiger partial charge in [-0.05, 0) is 23.2 Å². The Labute approximate surface area is 57.4 Å². The van der Waals surface area contributed by atoms with Gasteiger partial charge >= 0.3 is 0 Å². The molecule has 0 unspecified atom stereocenters. The molecule has 0 saturated heterocycles. The second-order valence-electron chi connectivity index (χ2n) is 1.39. The molecule has 1 nitrogen and oxygen atoms in total. The lowest BCUT2D eigenvalue weighted by Gasteiger charge is -1.86. The maximum atomic E-state index is 5.25. The average molecular weight is 148 g/mol. The maximum absolute atomic E-state index is 5.25. The van der Waals surface area contributed by atoms with E-state index in [4.69, 9.17) is 11.8 Å².